The summed E-state index contributed by atoms with van der Waals surface area (Å²) >= 11 is 1.52. The second kappa shape index (κ2) is 11.8. The summed E-state index contributed by atoms with van der Waals surface area (Å²) in [7, 11) is 2.09. The highest BCUT2D eigenvalue weighted by atomic mass is 32.1. The van der Waals surface area contributed by atoms with Gasteiger partial charge in [0, 0.05) is 43.2 Å². The number of rotatable bonds is 7. The molecule has 3 aromatic rings. The highest BCUT2D eigenvalue weighted by molar-refractivity contribution is 7.17. The average Bonchev–Trinajstić information content (AvgIpc) is 3.65. The first-order chi connectivity index (χ1) is 20.3. The molecule has 3 aliphatic heterocycles. The maximum Gasteiger partial charge on any atom is 0.318 e. The van der Waals surface area contributed by atoms with Crippen molar-refractivity contribution in [3.05, 3.63) is 53.1 Å². The van der Waals surface area contributed by atoms with Gasteiger partial charge in [-0.15, -0.1) is 11.3 Å². The molecule has 0 N–H and O–H groups in total. The number of likely N-dealkylation sites (tertiary alicyclic amines) is 1. The first kappa shape index (κ1) is 28.3. The fourth-order valence-electron chi connectivity index (χ4n) is 6.29. The van der Waals surface area contributed by atoms with Crippen LogP contribution in [-0.4, -0.2) is 84.1 Å². The van der Waals surface area contributed by atoms with E-state index >= 15 is 0 Å². The average molecular weight is 594 g/mol. The van der Waals surface area contributed by atoms with Crippen LogP contribution in [0.4, 0.5) is 20.3 Å². The van der Waals surface area contributed by atoms with Gasteiger partial charge in [-0.1, -0.05) is 6.58 Å². The number of aromatic nitrogens is 2. The smallest absolute Gasteiger partial charge is 0.318 e. The fourth-order valence-corrected chi connectivity index (χ4v) is 7.24. The zero-order valence-corrected chi connectivity index (χ0v) is 24.4. The van der Waals surface area contributed by atoms with Crippen LogP contribution in [0, 0.1) is 17.1 Å². The first-order valence-corrected chi connectivity index (χ1v) is 15.1. The number of amides is 1. The zero-order valence-electron chi connectivity index (χ0n) is 23.6. The predicted molar refractivity (Wildman–Crippen MR) is 158 cm³/mol. The van der Waals surface area contributed by atoms with Crippen molar-refractivity contribution in [3.63, 3.8) is 0 Å². The van der Waals surface area contributed by atoms with Crippen LogP contribution >= 0.6 is 11.3 Å². The van der Waals surface area contributed by atoms with Crippen molar-refractivity contribution < 1.29 is 18.3 Å². The van der Waals surface area contributed by atoms with E-state index in [4.69, 9.17) is 14.7 Å². The molecule has 0 aliphatic carbocycles. The summed E-state index contributed by atoms with van der Waals surface area (Å²) < 4.78 is 35.3. The van der Waals surface area contributed by atoms with Gasteiger partial charge in [0.2, 0.25) is 0 Å². The molecule has 0 spiro atoms. The van der Waals surface area contributed by atoms with Gasteiger partial charge in [-0.3, -0.25) is 4.79 Å². The SMILES string of the molecule is C=C(F)C(=O)N1CCN(c2nc(OC[C@@H]3CCCN3C)nc3c2CCN(c2ccc(F)c4ccsc24)C3)C[C@@H]1CC#N. The Kier molecular flexibility index (Phi) is 7.96. The number of carbonyl (C=O) groups excluding carboxylic acids is 1. The highest BCUT2D eigenvalue weighted by Crippen LogP contribution is 2.37. The van der Waals surface area contributed by atoms with Crippen LogP contribution in [0.1, 0.15) is 30.5 Å². The third kappa shape index (κ3) is 5.39. The second-order valence-electron chi connectivity index (χ2n) is 11.1. The summed E-state index contributed by atoms with van der Waals surface area (Å²) in [5, 5.41) is 12.0. The molecule has 5 heterocycles. The molecule has 2 fully saturated rings. The number of nitrogens with zero attached hydrogens (tertiary/aromatic N) is 7. The van der Waals surface area contributed by atoms with Crippen molar-refractivity contribution in [1.82, 2.24) is 19.8 Å². The van der Waals surface area contributed by atoms with Gasteiger partial charge in [-0.05, 0) is 56.4 Å². The number of thiophene rings is 1. The molecule has 42 heavy (non-hydrogen) atoms. The number of halogens is 2. The van der Waals surface area contributed by atoms with Crippen molar-refractivity contribution in [2.24, 2.45) is 0 Å². The van der Waals surface area contributed by atoms with Gasteiger partial charge in [-0.2, -0.15) is 15.2 Å². The lowest BCUT2D eigenvalue weighted by atomic mass is 10.0. The van der Waals surface area contributed by atoms with E-state index in [0.29, 0.717) is 56.6 Å². The molecule has 6 rings (SSSR count). The maximum absolute atomic E-state index is 14.4. The van der Waals surface area contributed by atoms with Gasteiger partial charge in [0.15, 0.2) is 5.83 Å². The van der Waals surface area contributed by atoms with E-state index in [9.17, 15) is 18.8 Å². The quantitative estimate of drug-likeness (QED) is 0.375. The number of fused-ring (bicyclic) bond motifs is 2. The van der Waals surface area contributed by atoms with E-state index in [1.165, 1.54) is 22.3 Å². The molecule has 3 aliphatic rings. The molecule has 1 aromatic carbocycles. The minimum atomic E-state index is -1.03. The number of nitriles is 1. The topological polar surface area (TPSA) is 88.8 Å². The van der Waals surface area contributed by atoms with E-state index in [0.717, 1.165) is 46.8 Å². The maximum atomic E-state index is 14.4. The lowest BCUT2D eigenvalue weighted by Gasteiger charge is -2.42. The van der Waals surface area contributed by atoms with Crippen LogP contribution in [-0.2, 0) is 17.8 Å². The summed E-state index contributed by atoms with van der Waals surface area (Å²) in [6, 6.07) is 7.37. The van der Waals surface area contributed by atoms with Gasteiger partial charge >= 0.3 is 6.01 Å². The summed E-state index contributed by atoms with van der Waals surface area (Å²) in [6.45, 7) is 6.86. The van der Waals surface area contributed by atoms with Crippen molar-refractivity contribution in [2.75, 3.05) is 56.2 Å². The second-order valence-corrected chi connectivity index (χ2v) is 12.0. The fraction of sp³-hybridized carbons (Fsp3) is 0.467. The van der Waals surface area contributed by atoms with Crippen LogP contribution in [0.5, 0.6) is 6.01 Å². The van der Waals surface area contributed by atoms with E-state index < -0.39 is 17.8 Å². The largest absolute Gasteiger partial charge is 0.462 e. The Hall–Kier alpha value is -3.82. The van der Waals surface area contributed by atoms with E-state index in [2.05, 4.69) is 34.4 Å². The molecule has 2 saturated heterocycles. The van der Waals surface area contributed by atoms with Crippen molar-refractivity contribution >= 4 is 38.8 Å². The van der Waals surface area contributed by atoms with Crippen molar-refractivity contribution in [3.8, 4) is 12.1 Å². The number of likely N-dealkylation sites (N-methyl/N-ethyl adjacent to an activating group) is 1. The molecule has 2 atom stereocenters. The van der Waals surface area contributed by atoms with E-state index in [-0.39, 0.29) is 18.8 Å². The molecule has 0 saturated carbocycles. The van der Waals surface area contributed by atoms with E-state index in [1.54, 1.807) is 0 Å². The first-order valence-electron chi connectivity index (χ1n) is 14.2. The monoisotopic (exact) mass is 593 g/mol. The summed E-state index contributed by atoms with van der Waals surface area (Å²) in [6.07, 6.45) is 2.90. The standard InChI is InChI=1S/C30H33F2N7O2S/c1-19(31)29(40)39-14-13-38(16-20(39)7-10-33)28-23-8-12-37(26-6-5-24(32)22-9-15-42-27(22)26)17-25(23)34-30(35-28)41-18-21-4-3-11-36(21)2/h5-6,9,15,20-21H,1,3-4,7-8,11-14,16-18H2,2H3/t20-,21-/m0/s1. The molecular formula is C30H33F2N7O2S. The molecule has 2 aromatic heterocycles. The number of ether oxygens (including phenoxy) is 1. The zero-order chi connectivity index (χ0) is 29.4. The lowest BCUT2D eigenvalue weighted by molar-refractivity contribution is -0.131. The molecule has 0 unspecified atom stereocenters. The minimum Gasteiger partial charge on any atom is -0.462 e. The third-order valence-corrected chi connectivity index (χ3v) is 9.52. The predicted octanol–water partition coefficient (Wildman–Crippen LogP) is 4.28. The number of benzene rings is 1. The molecule has 220 valence electrons. The number of piperazine rings is 1. The lowest BCUT2D eigenvalue weighted by Crippen LogP contribution is -2.55. The highest BCUT2D eigenvalue weighted by Gasteiger charge is 2.35. The van der Waals surface area contributed by atoms with Gasteiger partial charge < -0.3 is 24.3 Å². The number of carbonyl (C=O) groups is 1. The molecule has 0 bridgehead atoms. The van der Waals surface area contributed by atoms with Gasteiger partial charge in [0.05, 0.1) is 41.2 Å². The molecule has 1 amide bonds. The van der Waals surface area contributed by atoms with Crippen LogP contribution in [0.2, 0.25) is 0 Å². The summed E-state index contributed by atoms with van der Waals surface area (Å²) in [5.74, 6) is -1.31. The van der Waals surface area contributed by atoms with Crippen LogP contribution in [0.15, 0.2) is 36.0 Å². The third-order valence-electron chi connectivity index (χ3n) is 8.58. The molecular weight excluding hydrogens is 560 g/mol. The molecule has 9 nitrogen and oxygen atoms in total. The summed E-state index contributed by atoms with van der Waals surface area (Å²) in [4.78, 5) is 30.2. The number of anilines is 2. The van der Waals surface area contributed by atoms with Crippen LogP contribution < -0.4 is 14.5 Å². The molecule has 12 heteroatoms. The van der Waals surface area contributed by atoms with Gasteiger partial charge in [0.25, 0.3) is 5.91 Å². The van der Waals surface area contributed by atoms with Crippen LogP contribution in [0.3, 0.4) is 0 Å². The Morgan fingerprint density at radius 3 is 2.81 bits per heavy atom. The summed E-state index contributed by atoms with van der Waals surface area (Å²) in [5.41, 5.74) is 2.80. The van der Waals surface area contributed by atoms with Crippen molar-refractivity contribution in [1.29, 1.82) is 5.26 Å². The minimum absolute atomic E-state index is 0.0648. The number of hydrogen-bond donors (Lipinski definition) is 0. The Morgan fingerprint density at radius 1 is 1.19 bits per heavy atom. The number of hydrogen-bond acceptors (Lipinski definition) is 9. The Labute approximate surface area is 247 Å². The van der Waals surface area contributed by atoms with Gasteiger partial charge in [0.1, 0.15) is 18.2 Å². The Balaban J connectivity index is 1.32. The Morgan fingerprint density at radius 2 is 2.05 bits per heavy atom. The normalized spacial score (nSPS) is 21.0. The molecule has 0 radical (unpaired) electrons. The van der Waals surface area contributed by atoms with E-state index in [1.807, 2.05) is 17.5 Å². The van der Waals surface area contributed by atoms with Gasteiger partial charge in [-0.25, -0.2) is 8.78 Å². The Bertz CT molecular complexity index is 1560. The van der Waals surface area contributed by atoms with Crippen molar-refractivity contribution in [2.45, 2.75) is 44.3 Å². The van der Waals surface area contributed by atoms with Crippen LogP contribution in [0.25, 0.3) is 10.1 Å².